The van der Waals surface area contributed by atoms with Crippen LogP contribution in [-0.2, 0) is 4.79 Å². The molecule has 0 aliphatic carbocycles. The van der Waals surface area contributed by atoms with E-state index in [-0.39, 0.29) is 4.83 Å². The highest BCUT2D eigenvalue weighted by molar-refractivity contribution is 9.10. The third-order valence-corrected chi connectivity index (χ3v) is 4.39. The molecule has 2 fully saturated rings. The average molecular weight is 275 g/mol. The van der Waals surface area contributed by atoms with Crippen molar-refractivity contribution in [2.24, 2.45) is 0 Å². The molecule has 1 unspecified atom stereocenters. The number of halogens is 1. The zero-order chi connectivity index (χ0) is 10.8. The number of carbonyl (C=O) groups excluding carboxylic acids is 1. The molecule has 0 saturated carbocycles. The Kier molecular flexibility index (Phi) is 3.67. The fourth-order valence-electron chi connectivity index (χ4n) is 2.52. The second-order valence-corrected chi connectivity index (χ2v) is 5.78. The molecule has 0 aromatic rings. The summed E-state index contributed by atoms with van der Waals surface area (Å²) in [6, 6.07) is 0.494. The molecule has 2 aliphatic heterocycles. The van der Waals surface area contributed by atoms with Crippen LogP contribution in [0.5, 0.6) is 0 Å². The number of carbonyl (C=O) groups is 1. The zero-order valence-corrected chi connectivity index (χ0v) is 10.9. The molecular weight excluding hydrogens is 256 g/mol. The molecule has 2 aliphatic rings. The Morgan fingerprint density at radius 1 is 1.20 bits per heavy atom. The van der Waals surface area contributed by atoms with E-state index in [9.17, 15) is 4.79 Å². The fraction of sp³-hybridized carbons (Fsp3) is 0.909. The number of amides is 1. The van der Waals surface area contributed by atoms with Crippen molar-refractivity contribution in [2.45, 2.75) is 36.6 Å². The molecule has 0 N–H and O–H groups in total. The molecule has 0 radical (unpaired) electrons. The van der Waals surface area contributed by atoms with Gasteiger partial charge in [0.25, 0.3) is 0 Å². The zero-order valence-electron chi connectivity index (χ0n) is 9.29. The molecule has 2 saturated heterocycles. The standard InChI is InChI=1S/C11H19BrN2O/c1-13-7-4-9(5-8-13)14-6-2-3-10(12)11(14)15/h9-10H,2-8H2,1H3. The fourth-order valence-corrected chi connectivity index (χ4v) is 3.11. The van der Waals surface area contributed by atoms with E-state index in [4.69, 9.17) is 0 Å². The van der Waals surface area contributed by atoms with Gasteiger partial charge < -0.3 is 9.80 Å². The van der Waals surface area contributed by atoms with Crippen molar-refractivity contribution < 1.29 is 4.79 Å². The summed E-state index contributed by atoms with van der Waals surface area (Å²) in [5.41, 5.74) is 0. The van der Waals surface area contributed by atoms with Crippen molar-refractivity contribution in [3.05, 3.63) is 0 Å². The number of piperidine rings is 2. The highest BCUT2D eigenvalue weighted by Gasteiger charge is 2.32. The van der Waals surface area contributed by atoms with Crippen molar-refractivity contribution in [1.29, 1.82) is 0 Å². The van der Waals surface area contributed by atoms with Gasteiger partial charge in [-0.2, -0.15) is 0 Å². The van der Waals surface area contributed by atoms with E-state index in [1.165, 1.54) is 0 Å². The first kappa shape index (κ1) is 11.4. The molecular formula is C11H19BrN2O. The van der Waals surface area contributed by atoms with E-state index in [2.05, 4.69) is 32.8 Å². The normalized spacial score (nSPS) is 30.9. The third kappa shape index (κ3) is 2.53. The summed E-state index contributed by atoms with van der Waals surface area (Å²) >= 11 is 3.47. The van der Waals surface area contributed by atoms with Crippen LogP contribution in [0.15, 0.2) is 0 Å². The van der Waals surface area contributed by atoms with Crippen LogP contribution in [0, 0.1) is 0 Å². The lowest BCUT2D eigenvalue weighted by Gasteiger charge is -2.40. The van der Waals surface area contributed by atoms with Gasteiger partial charge in [-0.3, -0.25) is 4.79 Å². The topological polar surface area (TPSA) is 23.6 Å². The second-order valence-electron chi connectivity index (χ2n) is 4.68. The van der Waals surface area contributed by atoms with Gasteiger partial charge in [0.15, 0.2) is 0 Å². The number of hydrogen-bond donors (Lipinski definition) is 0. The SMILES string of the molecule is CN1CCC(N2CCCC(Br)C2=O)CC1. The minimum Gasteiger partial charge on any atom is -0.339 e. The highest BCUT2D eigenvalue weighted by atomic mass is 79.9. The predicted octanol–water partition coefficient (Wildman–Crippen LogP) is 1.47. The van der Waals surface area contributed by atoms with Crippen LogP contribution in [0.2, 0.25) is 0 Å². The monoisotopic (exact) mass is 274 g/mol. The number of rotatable bonds is 1. The van der Waals surface area contributed by atoms with Gasteiger partial charge in [-0.1, -0.05) is 15.9 Å². The van der Waals surface area contributed by atoms with Gasteiger partial charge in [-0.15, -0.1) is 0 Å². The summed E-state index contributed by atoms with van der Waals surface area (Å²) < 4.78 is 0. The molecule has 15 heavy (non-hydrogen) atoms. The van der Waals surface area contributed by atoms with E-state index < -0.39 is 0 Å². The van der Waals surface area contributed by atoms with E-state index in [0.29, 0.717) is 11.9 Å². The maximum Gasteiger partial charge on any atom is 0.236 e. The summed E-state index contributed by atoms with van der Waals surface area (Å²) in [6.45, 7) is 3.22. The lowest BCUT2D eigenvalue weighted by molar-refractivity contribution is -0.135. The Morgan fingerprint density at radius 2 is 1.87 bits per heavy atom. The Hall–Kier alpha value is -0.0900. The van der Waals surface area contributed by atoms with Gasteiger partial charge in [0.05, 0.1) is 4.83 Å². The number of likely N-dealkylation sites (tertiary alicyclic amines) is 2. The molecule has 1 atom stereocenters. The lowest BCUT2D eigenvalue weighted by Crippen LogP contribution is -2.51. The van der Waals surface area contributed by atoms with Gasteiger partial charge in [-0.25, -0.2) is 0 Å². The van der Waals surface area contributed by atoms with E-state index >= 15 is 0 Å². The number of nitrogens with zero attached hydrogens (tertiary/aromatic N) is 2. The van der Waals surface area contributed by atoms with Crippen LogP contribution in [-0.4, -0.2) is 53.3 Å². The van der Waals surface area contributed by atoms with E-state index in [0.717, 1.165) is 45.3 Å². The minimum atomic E-state index is 0.0749. The predicted molar refractivity (Wildman–Crippen MR) is 64.2 cm³/mol. The molecule has 4 heteroatoms. The van der Waals surface area contributed by atoms with Crippen LogP contribution in [0.25, 0.3) is 0 Å². The highest BCUT2D eigenvalue weighted by Crippen LogP contribution is 2.24. The van der Waals surface area contributed by atoms with Crippen LogP contribution < -0.4 is 0 Å². The Labute approximate surface area is 99.9 Å². The summed E-state index contributed by atoms with van der Waals surface area (Å²) in [6.07, 6.45) is 4.43. The summed E-state index contributed by atoms with van der Waals surface area (Å²) in [7, 11) is 2.15. The second kappa shape index (κ2) is 4.83. The van der Waals surface area contributed by atoms with Crippen LogP contribution in [0.3, 0.4) is 0 Å². The first-order chi connectivity index (χ1) is 7.18. The van der Waals surface area contributed by atoms with Crippen LogP contribution >= 0.6 is 15.9 Å². The lowest BCUT2D eigenvalue weighted by atomic mass is 10.00. The van der Waals surface area contributed by atoms with Crippen molar-refractivity contribution in [1.82, 2.24) is 9.80 Å². The molecule has 2 rings (SSSR count). The van der Waals surface area contributed by atoms with Crippen molar-refractivity contribution in [3.8, 4) is 0 Å². The maximum atomic E-state index is 12.0. The van der Waals surface area contributed by atoms with E-state index in [1.807, 2.05) is 0 Å². The summed E-state index contributed by atoms with van der Waals surface area (Å²) in [4.78, 5) is 16.5. The maximum absolute atomic E-state index is 12.0. The molecule has 0 spiro atoms. The van der Waals surface area contributed by atoms with E-state index in [1.54, 1.807) is 0 Å². The largest absolute Gasteiger partial charge is 0.339 e. The molecule has 2 heterocycles. The van der Waals surface area contributed by atoms with Gasteiger partial charge in [-0.05, 0) is 45.8 Å². The van der Waals surface area contributed by atoms with Crippen LogP contribution in [0.4, 0.5) is 0 Å². The van der Waals surface area contributed by atoms with Crippen molar-refractivity contribution in [3.63, 3.8) is 0 Å². The van der Waals surface area contributed by atoms with Crippen molar-refractivity contribution >= 4 is 21.8 Å². The van der Waals surface area contributed by atoms with Gasteiger partial charge in [0.1, 0.15) is 0 Å². The third-order valence-electron chi connectivity index (χ3n) is 3.54. The first-order valence-electron chi connectivity index (χ1n) is 5.81. The number of alkyl halides is 1. The van der Waals surface area contributed by atoms with Gasteiger partial charge in [0.2, 0.25) is 5.91 Å². The van der Waals surface area contributed by atoms with Crippen molar-refractivity contribution in [2.75, 3.05) is 26.7 Å². The molecule has 1 amide bonds. The Bertz CT molecular complexity index is 239. The summed E-state index contributed by atoms with van der Waals surface area (Å²) in [5.74, 6) is 0.316. The molecule has 0 aromatic carbocycles. The molecule has 3 nitrogen and oxygen atoms in total. The first-order valence-corrected chi connectivity index (χ1v) is 6.73. The quantitative estimate of drug-likeness (QED) is 0.677. The summed E-state index contributed by atoms with van der Waals surface area (Å²) in [5, 5.41) is 0. The van der Waals surface area contributed by atoms with Gasteiger partial charge >= 0.3 is 0 Å². The van der Waals surface area contributed by atoms with Crippen LogP contribution in [0.1, 0.15) is 25.7 Å². The molecule has 86 valence electrons. The molecule has 0 bridgehead atoms. The minimum absolute atomic E-state index is 0.0749. The smallest absolute Gasteiger partial charge is 0.236 e. The van der Waals surface area contributed by atoms with Gasteiger partial charge in [0, 0.05) is 12.6 Å². The number of hydrogen-bond acceptors (Lipinski definition) is 2. The Balaban J connectivity index is 1.94. The molecule has 0 aromatic heterocycles. The Morgan fingerprint density at radius 3 is 2.53 bits per heavy atom. The average Bonchev–Trinajstić information content (AvgIpc) is 2.24.